The van der Waals surface area contributed by atoms with E-state index in [1.54, 1.807) is 16.7 Å². The minimum absolute atomic E-state index is 0. The van der Waals surface area contributed by atoms with Gasteiger partial charge in [0.2, 0.25) is 11.8 Å². The highest BCUT2D eigenvalue weighted by Crippen LogP contribution is 2.16. The van der Waals surface area contributed by atoms with Gasteiger partial charge in [-0.15, -0.1) is 12.4 Å². The molecule has 2 amide bonds. The average molecular weight is 348 g/mol. The van der Waals surface area contributed by atoms with Crippen molar-refractivity contribution in [3.8, 4) is 0 Å². The van der Waals surface area contributed by atoms with E-state index in [9.17, 15) is 14.4 Å². The summed E-state index contributed by atoms with van der Waals surface area (Å²) in [5.74, 6) is -1.22. The number of piperidine rings is 1. The average Bonchev–Trinajstić information content (AvgIpc) is 2.95. The molecule has 0 aromatic heterocycles. The van der Waals surface area contributed by atoms with Gasteiger partial charge in [-0.25, -0.2) is 0 Å². The van der Waals surface area contributed by atoms with Crippen molar-refractivity contribution in [2.24, 2.45) is 0 Å². The number of carbonyl (C=O) groups excluding carboxylic acids is 2. The maximum absolute atomic E-state index is 12.2. The SMILES string of the molecule is CC(NC(=O)CN1CCCC1C(=O)O)C(=O)N1CCCCC1.Cl. The van der Waals surface area contributed by atoms with Crippen LogP contribution in [0.5, 0.6) is 0 Å². The van der Waals surface area contributed by atoms with Crippen LogP contribution in [0.25, 0.3) is 0 Å². The number of hydrogen-bond donors (Lipinski definition) is 2. The van der Waals surface area contributed by atoms with E-state index in [-0.39, 0.29) is 30.8 Å². The second-order valence-electron chi connectivity index (χ2n) is 6.14. The third-order valence-corrected chi connectivity index (χ3v) is 4.41. The van der Waals surface area contributed by atoms with Gasteiger partial charge in [0.1, 0.15) is 12.1 Å². The summed E-state index contributed by atoms with van der Waals surface area (Å²) in [6, 6.07) is -1.14. The van der Waals surface area contributed by atoms with E-state index in [4.69, 9.17) is 5.11 Å². The summed E-state index contributed by atoms with van der Waals surface area (Å²) in [6.45, 7) is 3.85. The van der Waals surface area contributed by atoms with Gasteiger partial charge in [-0.3, -0.25) is 19.3 Å². The van der Waals surface area contributed by atoms with Gasteiger partial charge in [0.05, 0.1) is 6.54 Å². The van der Waals surface area contributed by atoms with Crippen LogP contribution in [0.1, 0.15) is 39.0 Å². The fourth-order valence-corrected chi connectivity index (χ4v) is 3.22. The first-order valence-electron chi connectivity index (χ1n) is 8.04. The summed E-state index contributed by atoms with van der Waals surface area (Å²) < 4.78 is 0. The van der Waals surface area contributed by atoms with Gasteiger partial charge in [0, 0.05) is 13.1 Å². The van der Waals surface area contributed by atoms with Crippen molar-refractivity contribution in [1.82, 2.24) is 15.1 Å². The Balaban J connectivity index is 0.00000264. The second kappa shape index (κ2) is 9.08. The Morgan fingerprint density at radius 3 is 2.39 bits per heavy atom. The fourth-order valence-electron chi connectivity index (χ4n) is 3.22. The number of halogens is 1. The molecular weight excluding hydrogens is 322 g/mol. The van der Waals surface area contributed by atoms with Crippen LogP contribution in [0.15, 0.2) is 0 Å². The lowest BCUT2D eigenvalue weighted by molar-refractivity contribution is -0.143. The normalized spacial score (nSPS) is 23.0. The number of carbonyl (C=O) groups is 3. The van der Waals surface area contributed by atoms with E-state index in [1.807, 2.05) is 0 Å². The van der Waals surface area contributed by atoms with E-state index < -0.39 is 18.1 Å². The third kappa shape index (κ3) is 5.35. The minimum Gasteiger partial charge on any atom is -0.480 e. The molecule has 0 aliphatic carbocycles. The zero-order valence-electron chi connectivity index (χ0n) is 13.5. The lowest BCUT2D eigenvalue weighted by atomic mass is 10.1. The molecule has 23 heavy (non-hydrogen) atoms. The van der Waals surface area contributed by atoms with Crippen molar-refractivity contribution in [1.29, 1.82) is 0 Å². The largest absolute Gasteiger partial charge is 0.480 e. The number of nitrogens with one attached hydrogen (secondary N) is 1. The molecule has 2 rings (SSSR count). The molecule has 2 N–H and O–H groups in total. The molecule has 0 aromatic rings. The van der Waals surface area contributed by atoms with Crippen molar-refractivity contribution in [3.63, 3.8) is 0 Å². The Morgan fingerprint density at radius 1 is 1.13 bits per heavy atom. The molecule has 0 aromatic carbocycles. The molecule has 2 fully saturated rings. The molecule has 0 radical (unpaired) electrons. The Labute approximate surface area is 142 Å². The lowest BCUT2D eigenvalue weighted by Gasteiger charge is -2.29. The predicted molar refractivity (Wildman–Crippen MR) is 87.5 cm³/mol. The summed E-state index contributed by atoms with van der Waals surface area (Å²) in [4.78, 5) is 38.8. The molecule has 2 aliphatic rings. The summed E-state index contributed by atoms with van der Waals surface area (Å²) in [7, 11) is 0. The topological polar surface area (TPSA) is 90.0 Å². The Kier molecular flexibility index (Phi) is 7.78. The van der Waals surface area contributed by atoms with Gasteiger partial charge in [-0.2, -0.15) is 0 Å². The molecule has 132 valence electrons. The molecule has 2 unspecified atom stereocenters. The van der Waals surface area contributed by atoms with Crippen LogP contribution in [-0.2, 0) is 14.4 Å². The first kappa shape index (κ1) is 19.7. The van der Waals surface area contributed by atoms with Crippen molar-refractivity contribution in [2.75, 3.05) is 26.2 Å². The maximum Gasteiger partial charge on any atom is 0.320 e. The van der Waals surface area contributed by atoms with Gasteiger partial charge in [0.25, 0.3) is 0 Å². The summed E-state index contributed by atoms with van der Waals surface area (Å²) in [5, 5.41) is 11.8. The highest BCUT2D eigenvalue weighted by molar-refractivity contribution is 5.88. The molecule has 0 spiro atoms. The number of nitrogens with zero attached hydrogens (tertiary/aromatic N) is 2. The second-order valence-corrected chi connectivity index (χ2v) is 6.14. The fraction of sp³-hybridized carbons (Fsp3) is 0.800. The van der Waals surface area contributed by atoms with Crippen LogP contribution in [0, 0.1) is 0 Å². The predicted octanol–water partition coefficient (Wildman–Crippen LogP) is 0.474. The lowest BCUT2D eigenvalue weighted by Crippen LogP contribution is -2.51. The number of carboxylic acid groups (broad SMARTS) is 1. The molecule has 2 aliphatic heterocycles. The Bertz CT molecular complexity index is 440. The molecular formula is C15H26ClN3O4. The van der Waals surface area contributed by atoms with E-state index in [1.165, 1.54) is 0 Å². The molecule has 7 nitrogen and oxygen atoms in total. The molecule has 2 saturated heterocycles. The van der Waals surface area contributed by atoms with Crippen molar-refractivity contribution in [3.05, 3.63) is 0 Å². The molecule has 8 heteroatoms. The van der Waals surface area contributed by atoms with Gasteiger partial charge in [-0.05, 0) is 45.6 Å². The number of rotatable bonds is 5. The number of likely N-dealkylation sites (tertiary alicyclic amines) is 2. The quantitative estimate of drug-likeness (QED) is 0.754. The van der Waals surface area contributed by atoms with Gasteiger partial charge in [0.15, 0.2) is 0 Å². The zero-order chi connectivity index (χ0) is 16.1. The molecule has 0 bridgehead atoms. The van der Waals surface area contributed by atoms with E-state index in [2.05, 4.69) is 5.32 Å². The van der Waals surface area contributed by atoms with Gasteiger partial charge >= 0.3 is 5.97 Å². The Morgan fingerprint density at radius 2 is 1.78 bits per heavy atom. The first-order valence-corrected chi connectivity index (χ1v) is 8.04. The van der Waals surface area contributed by atoms with E-state index >= 15 is 0 Å². The van der Waals surface area contributed by atoms with Gasteiger partial charge < -0.3 is 15.3 Å². The van der Waals surface area contributed by atoms with Crippen LogP contribution in [0.3, 0.4) is 0 Å². The highest BCUT2D eigenvalue weighted by Gasteiger charge is 2.32. The monoisotopic (exact) mass is 347 g/mol. The minimum atomic E-state index is -0.886. The summed E-state index contributed by atoms with van der Waals surface area (Å²) in [5.41, 5.74) is 0. The molecule has 0 saturated carbocycles. The molecule has 2 atom stereocenters. The maximum atomic E-state index is 12.2. The van der Waals surface area contributed by atoms with E-state index in [0.717, 1.165) is 38.8 Å². The highest BCUT2D eigenvalue weighted by atomic mass is 35.5. The van der Waals surface area contributed by atoms with Crippen LogP contribution >= 0.6 is 12.4 Å². The van der Waals surface area contributed by atoms with Crippen molar-refractivity contribution >= 4 is 30.2 Å². The van der Waals surface area contributed by atoms with Gasteiger partial charge in [-0.1, -0.05) is 0 Å². The van der Waals surface area contributed by atoms with Crippen LogP contribution in [0.2, 0.25) is 0 Å². The summed E-state index contributed by atoms with van der Waals surface area (Å²) in [6.07, 6.45) is 4.54. The number of aliphatic carboxylic acids is 1. The zero-order valence-corrected chi connectivity index (χ0v) is 14.3. The van der Waals surface area contributed by atoms with Crippen LogP contribution < -0.4 is 5.32 Å². The number of amides is 2. The van der Waals surface area contributed by atoms with Crippen molar-refractivity contribution < 1.29 is 19.5 Å². The first-order chi connectivity index (χ1) is 10.5. The summed E-state index contributed by atoms with van der Waals surface area (Å²) >= 11 is 0. The van der Waals surface area contributed by atoms with Crippen LogP contribution in [-0.4, -0.2) is 71.0 Å². The number of carboxylic acids is 1. The number of hydrogen-bond acceptors (Lipinski definition) is 4. The third-order valence-electron chi connectivity index (χ3n) is 4.41. The van der Waals surface area contributed by atoms with E-state index in [0.29, 0.717) is 13.0 Å². The molecule has 2 heterocycles. The standard InChI is InChI=1S/C15H25N3O4.ClH/c1-11(14(20)17-7-3-2-4-8-17)16-13(19)10-18-9-5-6-12(18)15(21)22;/h11-12H,2-10H2,1H3,(H,16,19)(H,21,22);1H. The smallest absolute Gasteiger partial charge is 0.320 e. The Hall–Kier alpha value is -1.34. The van der Waals surface area contributed by atoms with Crippen LogP contribution in [0.4, 0.5) is 0 Å². The van der Waals surface area contributed by atoms with Crippen molar-refractivity contribution in [2.45, 2.75) is 51.1 Å².